The fraction of sp³-hybridized carbons (Fsp3) is 0.233. The third-order valence-electron chi connectivity index (χ3n) is 6.34. The summed E-state index contributed by atoms with van der Waals surface area (Å²) >= 11 is 6.49. The maximum atomic E-state index is 14.6. The van der Waals surface area contributed by atoms with Gasteiger partial charge in [-0.25, -0.2) is 4.39 Å². The number of fused-ring (bicyclic) bond motifs is 1. The number of carbonyl (C=O) groups is 2. The molecule has 1 unspecified atom stereocenters. The number of carbonyl (C=O) groups excluding carboxylic acids is 2. The van der Waals surface area contributed by atoms with E-state index in [1.807, 2.05) is 0 Å². The van der Waals surface area contributed by atoms with Crippen LogP contribution in [0.15, 0.2) is 71.5 Å². The SMILES string of the molecule is COc1ccc(CN(C(=O)c2cc([N+](=O)[O-])cc3ccc(=O)[nH]c23)C(C(=O)NC(C)(C)C)c2cc(F)ccc2Cl)cc1. The molecule has 1 atom stereocenters. The Hall–Kier alpha value is -4.77. The van der Waals surface area contributed by atoms with Crippen LogP contribution < -0.4 is 15.6 Å². The van der Waals surface area contributed by atoms with Gasteiger partial charge in [0.1, 0.15) is 17.6 Å². The molecule has 218 valence electrons. The molecular weight excluding hydrogens is 567 g/mol. The zero-order chi connectivity index (χ0) is 30.8. The van der Waals surface area contributed by atoms with E-state index in [0.717, 1.165) is 23.1 Å². The summed E-state index contributed by atoms with van der Waals surface area (Å²) in [5.41, 5.74) is -1.32. The summed E-state index contributed by atoms with van der Waals surface area (Å²) in [6.45, 7) is 5.02. The molecule has 12 heteroatoms. The number of nitrogens with one attached hydrogen (secondary N) is 2. The molecule has 42 heavy (non-hydrogen) atoms. The number of nitro benzene ring substituents is 1. The molecule has 2 N–H and O–H groups in total. The van der Waals surface area contributed by atoms with Gasteiger partial charge in [0, 0.05) is 46.3 Å². The molecule has 1 aromatic heterocycles. The highest BCUT2D eigenvalue weighted by Gasteiger charge is 2.36. The first-order chi connectivity index (χ1) is 19.8. The first-order valence-electron chi connectivity index (χ1n) is 12.8. The van der Waals surface area contributed by atoms with Crippen LogP contribution in [0.2, 0.25) is 5.02 Å². The minimum absolute atomic E-state index is 0.00325. The summed E-state index contributed by atoms with van der Waals surface area (Å²) < 4.78 is 19.8. The van der Waals surface area contributed by atoms with Gasteiger partial charge in [-0.05, 0) is 62.7 Å². The van der Waals surface area contributed by atoms with Crippen LogP contribution in [0.4, 0.5) is 10.1 Å². The van der Waals surface area contributed by atoms with Gasteiger partial charge in [-0.15, -0.1) is 0 Å². The Balaban J connectivity index is 1.99. The maximum Gasteiger partial charge on any atom is 0.270 e. The minimum Gasteiger partial charge on any atom is -0.497 e. The van der Waals surface area contributed by atoms with Gasteiger partial charge in [0.25, 0.3) is 11.6 Å². The number of H-pyrrole nitrogens is 1. The summed E-state index contributed by atoms with van der Waals surface area (Å²) in [6, 6.07) is 13.5. The highest BCUT2D eigenvalue weighted by molar-refractivity contribution is 6.31. The highest BCUT2D eigenvalue weighted by atomic mass is 35.5. The third-order valence-corrected chi connectivity index (χ3v) is 6.69. The molecule has 0 saturated heterocycles. The number of nitro groups is 1. The van der Waals surface area contributed by atoms with Gasteiger partial charge in [-0.3, -0.25) is 24.5 Å². The fourth-order valence-electron chi connectivity index (χ4n) is 4.50. The fourth-order valence-corrected chi connectivity index (χ4v) is 4.72. The van der Waals surface area contributed by atoms with Crippen molar-refractivity contribution in [2.24, 2.45) is 0 Å². The molecule has 10 nitrogen and oxygen atoms in total. The zero-order valence-electron chi connectivity index (χ0n) is 23.2. The molecule has 0 bridgehead atoms. The number of ether oxygens (including phenoxy) is 1. The Kier molecular flexibility index (Phi) is 8.62. The van der Waals surface area contributed by atoms with Gasteiger partial charge >= 0.3 is 0 Å². The summed E-state index contributed by atoms with van der Waals surface area (Å²) in [5.74, 6) is -1.64. The van der Waals surface area contributed by atoms with Crippen LogP contribution in [0.5, 0.6) is 5.75 Å². The number of methoxy groups -OCH3 is 1. The molecule has 0 aliphatic carbocycles. The van der Waals surface area contributed by atoms with Crippen molar-refractivity contribution < 1.29 is 23.6 Å². The van der Waals surface area contributed by atoms with Crippen LogP contribution in [0.25, 0.3) is 10.9 Å². The number of hydrogen-bond acceptors (Lipinski definition) is 6. The Morgan fingerprint density at radius 1 is 1.10 bits per heavy atom. The minimum atomic E-state index is -1.48. The first-order valence-corrected chi connectivity index (χ1v) is 13.2. The summed E-state index contributed by atoms with van der Waals surface area (Å²) in [4.78, 5) is 55.5. The lowest BCUT2D eigenvalue weighted by Crippen LogP contribution is -2.49. The first kappa shape index (κ1) is 30.2. The second-order valence-electron chi connectivity index (χ2n) is 10.6. The number of hydrogen-bond donors (Lipinski definition) is 2. The van der Waals surface area contributed by atoms with Crippen molar-refractivity contribution in [3.8, 4) is 5.75 Å². The van der Waals surface area contributed by atoms with E-state index in [1.54, 1.807) is 45.0 Å². The molecule has 0 spiro atoms. The average Bonchev–Trinajstić information content (AvgIpc) is 2.92. The van der Waals surface area contributed by atoms with Crippen molar-refractivity contribution in [1.29, 1.82) is 0 Å². The Morgan fingerprint density at radius 3 is 2.40 bits per heavy atom. The number of nitrogens with zero attached hydrogens (tertiary/aromatic N) is 2. The van der Waals surface area contributed by atoms with Crippen LogP contribution in [0.3, 0.4) is 0 Å². The summed E-state index contributed by atoms with van der Waals surface area (Å²) in [5, 5.41) is 14.9. The molecular formula is C30H28ClFN4O6. The van der Waals surface area contributed by atoms with Crippen LogP contribution in [0.1, 0.15) is 48.3 Å². The standard InChI is InChI=1S/C30H28ClFN4O6/c1-30(2,3)34-28(38)27(22-14-19(32)8-11-24(22)31)35(16-17-5-9-21(42-4)10-6-17)29(39)23-15-20(36(40)41)13-18-7-12-25(37)33-26(18)23/h5-15,27H,16H2,1-4H3,(H,33,37)(H,34,38). The number of rotatable bonds is 8. The largest absolute Gasteiger partial charge is 0.497 e. The van der Waals surface area contributed by atoms with Gasteiger partial charge in [-0.1, -0.05) is 23.7 Å². The third kappa shape index (κ3) is 6.74. The number of aromatic nitrogens is 1. The Morgan fingerprint density at radius 2 is 1.79 bits per heavy atom. The topological polar surface area (TPSA) is 135 Å². The number of amides is 2. The molecule has 0 aliphatic rings. The van der Waals surface area contributed by atoms with Crippen LogP contribution in [-0.4, -0.2) is 39.3 Å². The molecule has 2 amide bonds. The summed E-state index contributed by atoms with van der Waals surface area (Å²) in [6.07, 6.45) is 0. The van der Waals surface area contributed by atoms with Crippen molar-refractivity contribution in [3.05, 3.63) is 115 Å². The predicted octanol–water partition coefficient (Wildman–Crippen LogP) is 5.54. The second kappa shape index (κ2) is 12.0. The zero-order valence-corrected chi connectivity index (χ0v) is 24.0. The Labute approximate surface area is 245 Å². The van der Waals surface area contributed by atoms with Crippen LogP contribution in [0, 0.1) is 15.9 Å². The lowest BCUT2D eigenvalue weighted by Gasteiger charge is -2.34. The molecule has 3 aromatic carbocycles. The molecule has 0 fully saturated rings. The van der Waals surface area contributed by atoms with Crippen LogP contribution >= 0.6 is 11.6 Å². The molecule has 0 aliphatic heterocycles. The smallest absolute Gasteiger partial charge is 0.270 e. The van der Waals surface area contributed by atoms with E-state index in [9.17, 15) is 28.9 Å². The van der Waals surface area contributed by atoms with E-state index in [0.29, 0.717) is 11.3 Å². The number of benzene rings is 3. The normalized spacial score (nSPS) is 12.0. The van der Waals surface area contributed by atoms with Crippen LogP contribution in [-0.2, 0) is 11.3 Å². The van der Waals surface area contributed by atoms with Gasteiger partial charge in [-0.2, -0.15) is 0 Å². The lowest BCUT2D eigenvalue weighted by atomic mass is 9.98. The lowest BCUT2D eigenvalue weighted by molar-refractivity contribution is -0.384. The van der Waals surface area contributed by atoms with E-state index in [-0.39, 0.29) is 33.6 Å². The van der Waals surface area contributed by atoms with Crippen molar-refractivity contribution in [2.75, 3.05) is 7.11 Å². The second-order valence-corrected chi connectivity index (χ2v) is 11.0. The van der Waals surface area contributed by atoms with Gasteiger partial charge < -0.3 is 19.9 Å². The van der Waals surface area contributed by atoms with Gasteiger partial charge in [0.05, 0.1) is 23.1 Å². The van der Waals surface area contributed by atoms with E-state index in [4.69, 9.17) is 16.3 Å². The number of pyridine rings is 1. The van der Waals surface area contributed by atoms with Crippen molar-refractivity contribution in [3.63, 3.8) is 0 Å². The van der Waals surface area contributed by atoms with E-state index in [1.165, 1.54) is 31.4 Å². The quantitative estimate of drug-likeness (QED) is 0.203. The van der Waals surface area contributed by atoms with E-state index < -0.39 is 45.4 Å². The molecule has 4 aromatic rings. The monoisotopic (exact) mass is 594 g/mol. The Bertz CT molecular complexity index is 1730. The van der Waals surface area contributed by atoms with Crippen molar-refractivity contribution in [2.45, 2.75) is 38.9 Å². The average molecular weight is 595 g/mol. The van der Waals surface area contributed by atoms with Gasteiger partial charge in [0.2, 0.25) is 11.5 Å². The molecule has 1 heterocycles. The number of non-ortho nitro benzene ring substituents is 1. The summed E-state index contributed by atoms with van der Waals surface area (Å²) in [7, 11) is 1.50. The van der Waals surface area contributed by atoms with Crippen molar-refractivity contribution >= 4 is 40.0 Å². The maximum absolute atomic E-state index is 14.6. The molecule has 0 radical (unpaired) electrons. The molecule has 4 rings (SSSR count). The number of halogens is 2. The molecule has 0 saturated carbocycles. The van der Waals surface area contributed by atoms with Gasteiger partial charge in [0.15, 0.2) is 0 Å². The number of aromatic amines is 1. The van der Waals surface area contributed by atoms with Crippen molar-refractivity contribution in [1.82, 2.24) is 15.2 Å². The van der Waals surface area contributed by atoms with E-state index >= 15 is 0 Å². The van der Waals surface area contributed by atoms with E-state index in [2.05, 4.69) is 10.3 Å². The highest BCUT2D eigenvalue weighted by Crippen LogP contribution is 2.34. The predicted molar refractivity (Wildman–Crippen MR) is 156 cm³/mol.